The first-order valence-electron chi connectivity index (χ1n) is 6.91. The Bertz CT molecular complexity index is 419. The highest BCUT2D eigenvalue weighted by Crippen LogP contribution is 2.31. The van der Waals surface area contributed by atoms with Gasteiger partial charge in [0.15, 0.2) is 0 Å². The minimum atomic E-state index is -0.145. The molecule has 1 aliphatic rings. The molecule has 0 saturated carbocycles. The fraction of sp³-hybridized carbons (Fsp3) is 0.600. The summed E-state index contributed by atoms with van der Waals surface area (Å²) in [6.07, 6.45) is 1.91. The van der Waals surface area contributed by atoms with E-state index in [-0.39, 0.29) is 11.9 Å². The fourth-order valence-corrected chi connectivity index (χ4v) is 2.66. The predicted molar refractivity (Wildman–Crippen MR) is 76.1 cm³/mol. The van der Waals surface area contributed by atoms with Crippen LogP contribution in [0.2, 0.25) is 0 Å². The van der Waals surface area contributed by atoms with Crippen LogP contribution in [0.5, 0.6) is 0 Å². The van der Waals surface area contributed by atoms with E-state index in [2.05, 4.69) is 17.1 Å². The van der Waals surface area contributed by atoms with Gasteiger partial charge in [-0.3, -0.25) is 0 Å². The molecule has 4 heteroatoms. The van der Waals surface area contributed by atoms with Crippen molar-refractivity contribution in [2.45, 2.75) is 31.8 Å². The minimum absolute atomic E-state index is 0.132. The van der Waals surface area contributed by atoms with Gasteiger partial charge in [-0.1, -0.05) is 12.1 Å². The van der Waals surface area contributed by atoms with Crippen LogP contribution in [0, 0.1) is 5.82 Å². The quantitative estimate of drug-likeness (QED) is 0.907. The Morgan fingerprint density at radius 3 is 2.68 bits per heavy atom. The highest BCUT2D eigenvalue weighted by molar-refractivity contribution is 5.56. The molecule has 1 heterocycles. The zero-order valence-electron chi connectivity index (χ0n) is 11.9. The number of halogens is 1. The van der Waals surface area contributed by atoms with Gasteiger partial charge in [0.25, 0.3) is 0 Å². The summed E-state index contributed by atoms with van der Waals surface area (Å²) >= 11 is 0. The van der Waals surface area contributed by atoms with Crippen LogP contribution in [0.3, 0.4) is 0 Å². The predicted octanol–water partition coefficient (Wildman–Crippen LogP) is 2.72. The molecule has 106 valence electrons. The third-order valence-electron chi connectivity index (χ3n) is 4.01. The van der Waals surface area contributed by atoms with E-state index in [1.165, 1.54) is 6.07 Å². The van der Waals surface area contributed by atoms with Crippen LogP contribution in [0.25, 0.3) is 0 Å². The topological polar surface area (TPSA) is 24.5 Å². The van der Waals surface area contributed by atoms with E-state index in [9.17, 15) is 4.39 Å². The summed E-state index contributed by atoms with van der Waals surface area (Å²) in [7, 11) is 3.88. The summed E-state index contributed by atoms with van der Waals surface area (Å²) in [5.41, 5.74) is 1.73. The van der Waals surface area contributed by atoms with Gasteiger partial charge in [0.1, 0.15) is 5.82 Å². The van der Waals surface area contributed by atoms with Gasteiger partial charge < -0.3 is 15.0 Å². The van der Waals surface area contributed by atoms with Gasteiger partial charge in [0.2, 0.25) is 0 Å². The van der Waals surface area contributed by atoms with Crippen LogP contribution in [0.1, 0.15) is 31.4 Å². The van der Waals surface area contributed by atoms with Gasteiger partial charge in [0, 0.05) is 32.3 Å². The zero-order chi connectivity index (χ0) is 13.8. The molecule has 0 bridgehead atoms. The van der Waals surface area contributed by atoms with Crippen molar-refractivity contribution in [3.05, 3.63) is 29.6 Å². The highest BCUT2D eigenvalue weighted by atomic mass is 19.1. The van der Waals surface area contributed by atoms with E-state index >= 15 is 0 Å². The Kier molecular flexibility index (Phi) is 4.77. The number of anilines is 1. The maximum absolute atomic E-state index is 14.3. The third-order valence-corrected chi connectivity index (χ3v) is 4.01. The minimum Gasteiger partial charge on any atom is -0.381 e. The molecular weight excluding hydrogens is 243 g/mol. The van der Waals surface area contributed by atoms with Crippen molar-refractivity contribution >= 4 is 5.69 Å². The van der Waals surface area contributed by atoms with Gasteiger partial charge in [0.05, 0.1) is 5.69 Å². The maximum Gasteiger partial charge on any atom is 0.146 e. The van der Waals surface area contributed by atoms with Gasteiger partial charge in [-0.25, -0.2) is 4.39 Å². The summed E-state index contributed by atoms with van der Waals surface area (Å²) in [5.74, 6) is -0.145. The van der Waals surface area contributed by atoms with Crippen molar-refractivity contribution in [3.8, 4) is 0 Å². The molecule has 2 rings (SSSR count). The van der Waals surface area contributed by atoms with Crippen molar-refractivity contribution in [2.24, 2.45) is 0 Å². The molecule has 0 radical (unpaired) electrons. The lowest BCUT2D eigenvalue weighted by molar-refractivity contribution is 0.0853. The van der Waals surface area contributed by atoms with Gasteiger partial charge in [-0.2, -0.15) is 0 Å². The SMILES string of the molecule is CNC(C)c1cccc(F)c1N(C)C1CCOCC1. The number of nitrogens with one attached hydrogen (secondary N) is 1. The summed E-state index contributed by atoms with van der Waals surface area (Å²) in [6.45, 7) is 3.58. The first-order chi connectivity index (χ1) is 9.15. The number of para-hydroxylation sites is 1. The standard InChI is InChI=1S/C15H23FN2O/c1-11(17-2)13-5-4-6-14(16)15(13)18(3)12-7-9-19-10-8-12/h4-6,11-12,17H,7-10H2,1-3H3. The molecule has 1 atom stereocenters. The van der Waals surface area contributed by atoms with Crippen LogP contribution < -0.4 is 10.2 Å². The number of hydrogen-bond acceptors (Lipinski definition) is 3. The van der Waals surface area contributed by atoms with Crippen LogP contribution in [0.4, 0.5) is 10.1 Å². The lowest BCUT2D eigenvalue weighted by Gasteiger charge is -2.35. The molecule has 1 fully saturated rings. The molecule has 0 amide bonds. The molecule has 0 aliphatic carbocycles. The van der Waals surface area contributed by atoms with Crippen molar-refractivity contribution in [2.75, 3.05) is 32.2 Å². The third kappa shape index (κ3) is 3.07. The number of nitrogens with zero attached hydrogens (tertiary/aromatic N) is 1. The Labute approximate surface area is 114 Å². The van der Waals surface area contributed by atoms with Crippen molar-refractivity contribution in [3.63, 3.8) is 0 Å². The second-order valence-electron chi connectivity index (χ2n) is 5.14. The lowest BCUT2D eigenvalue weighted by atomic mass is 10.0. The monoisotopic (exact) mass is 266 g/mol. The molecule has 19 heavy (non-hydrogen) atoms. The van der Waals surface area contributed by atoms with E-state index in [0.29, 0.717) is 6.04 Å². The van der Waals surface area contributed by atoms with Gasteiger partial charge in [-0.15, -0.1) is 0 Å². The van der Waals surface area contributed by atoms with E-state index < -0.39 is 0 Å². The molecule has 1 N–H and O–H groups in total. The van der Waals surface area contributed by atoms with Gasteiger partial charge in [-0.05, 0) is 38.4 Å². The largest absolute Gasteiger partial charge is 0.381 e. The van der Waals surface area contributed by atoms with Crippen LogP contribution in [-0.2, 0) is 4.74 Å². The number of hydrogen-bond donors (Lipinski definition) is 1. The molecule has 3 nitrogen and oxygen atoms in total. The summed E-state index contributed by atoms with van der Waals surface area (Å²) in [6, 6.07) is 5.80. The lowest BCUT2D eigenvalue weighted by Crippen LogP contribution is -2.38. The highest BCUT2D eigenvalue weighted by Gasteiger charge is 2.24. The van der Waals surface area contributed by atoms with Crippen LogP contribution in [0.15, 0.2) is 18.2 Å². The Balaban J connectivity index is 2.31. The van der Waals surface area contributed by atoms with E-state index in [1.807, 2.05) is 20.2 Å². The van der Waals surface area contributed by atoms with Crippen LogP contribution in [-0.4, -0.2) is 33.4 Å². The number of rotatable bonds is 4. The Morgan fingerprint density at radius 2 is 2.05 bits per heavy atom. The molecule has 0 aromatic heterocycles. The molecule has 1 unspecified atom stereocenters. The van der Waals surface area contributed by atoms with Crippen LogP contribution >= 0.6 is 0 Å². The molecule has 1 saturated heterocycles. The van der Waals surface area contributed by atoms with Crippen molar-refractivity contribution in [1.29, 1.82) is 0 Å². The Morgan fingerprint density at radius 1 is 1.37 bits per heavy atom. The fourth-order valence-electron chi connectivity index (χ4n) is 2.66. The van der Waals surface area contributed by atoms with E-state index in [4.69, 9.17) is 4.74 Å². The molecule has 1 aromatic rings. The molecule has 1 aliphatic heterocycles. The second-order valence-corrected chi connectivity index (χ2v) is 5.14. The summed E-state index contributed by atoms with van der Waals surface area (Å²) in [5, 5.41) is 3.19. The molecular formula is C15H23FN2O. The van der Waals surface area contributed by atoms with E-state index in [1.54, 1.807) is 6.07 Å². The van der Waals surface area contributed by atoms with Crippen molar-refractivity contribution < 1.29 is 9.13 Å². The van der Waals surface area contributed by atoms with Gasteiger partial charge >= 0.3 is 0 Å². The Hall–Kier alpha value is -1.13. The second kappa shape index (κ2) is 6.35. The smallest absolute Gasteiger partial charge is 0.146 e. The zero-order valence-corrected chi connectivity index (χ0v) is 11.9. The average molecular weight is 266 g/mol. The maximum atomic E-state index is 14.3. The molecule has 1 aromatic carbocycles. The summed E-state index contributed by atoms with van der Waals surface area (Å²) in [4.78, 5) is 2.08. The first kappa shape index (κ1) is 14.3. The normalized spacial score (nSPS) is 18.3. The number of benzene rings is 1. The van der Waals surface area contributed by atoms with E-state index in [0.717, 1.165) is 37.3 Å². The number of ether oxygens (including phenoxy) is 1. The molecule has 0 spiro atoms. The summed E-state index contributed by atoms with van der Waals surface area (Å²) < 4.78 is 19.6. The first-order valence-corrected chi connectivity index (χ1v) is 6.91. The average Bonchev–Trinajstić information content (AvgIpc) is 2.46. The van der Waals surface area contributed by atoms with Crippen molar-refractivity contribution in [1.82, 2.24) is 5.32 Å².